The quantitative estimate of drug-likeness (QED) is 0.491. The van der Waals surface area contributed by atoms with Crippen LogP contribution in [0.2, 0.25) is 0 Å². The van der Waals surface area contributed by atoms with Crippen molar-refractivity contribution in [3.05, 3.63) is 95.1 Å². The number of pyridine rings is 1. The summed E-state index contributed by atoms with van der Waals surface area (Å²) in [5, 5.41) is 9.49. The van der Waals surface area contributed by atoms with Gasteiger partial charge in [-0.25, -0.2) is 14.2 Å². The lowest BCUT2D eigenvalue weighted by atomic mass is 9.90. The number of aromatic nitrogens is 2. The van der Waals surface area contributed by atoms with Gasteiger partial charge in [0.1, 0.15) is 11.5 Å². The highest BCUT2D eigenvalue weighted by Crippen LogP contribution is 2.33. The molecule has 0 saturated heterocycles. The molecule has 0 aliphatic heterocycles. The molecule has 6 heteroatoms. The highest BCUT2D eigenvalue weighted by Gasteiger charge is 2.21. The summed E-state index contributed by atoms with van der Waals surface area (Å²) in [7, 11) is 0. The zero-order valence-electron chi connectivity index (χ0n) is 15.4. The number of carboxylic acids is 1. The number of hydrogen-bond donors (Lipinski definition) is 2. The highest BCUT2D eigenvalue weighted by molar-refractivity contribution is 6.17. The summed E-state index contributed by atoms with van der Waals surface area (Å²) in [5.74, 6) is -2.00. The topological polar surface area (TPSA) is 83.0 Å². The second-order valence-electron chi connectivity index (χ2n) is 6.68. The lowest BCUT2D eigenvalue weighted by Gasteiger charge is -2.14. The molecule has 0 saturated carbocycles. The predicted octanol–water partition coefficient (Wildman–Crippen LogP) is 4.68. The zero-order chi connectivity index (χ0) is 20.4. The molecule has 2 heterocycles. The maximum Gasteiger partial charge on any atom is 0.328 e. The van der Waals surface area contributed by atoms with E-state index in [4.69, 9.17) is 5.11 Å². The van der Waals surface area contributed by atoms with Crippen LogP contribution in [-0.2, 0) is 4.79 Å². The average molecular weight is 388 g/mol. The van der Waals surface area contributed by atoms with Gasteiger partial charge in [-0.05, 0) is 53.8 Å². The van der Waals surface area contributed by atoms with Crippen LogP contribution in [0.4, 0.5) is 4.39 Å². The summed E-state index contributed by atoms with van der Waals surface area (Å²) in [6, 6.07) is 7.71. The monoisotopic (exact) mass is 388 g/mol. The Balaban J connectivity index is 1.82. The van der Waals surface area contributed by atoms with Gasteiger partial charge in [0.2, 0.25) is 0 Å². The van der Waals surface area contributed by atoms with Crippen LogP contribution in [0.3, 0.4) is 0 Å². The van der Waals surface area contributed by atoms with Crippen LogP contribution in [0.1, 0.15) is 34.3 Å². The fourth-order valence-electron chi connectivity index (χ4n) is 3.52. The summed E-state index contributed by atoms with van der Waals surface area (Å²) in [6.07, 6.45) is 11.2. The van der Waals surface area contributed by atoms with Gasteiger partial charge in [0.15, 0.2) is 5.78 Å². The van der Waals surface area contributed by atoms with Crippen LogP contribution in [0, 0.1) is 5.82 Å². The van der Waals surface area contributed by atoms with Gasteiger partial charge in [-0.2, -0.15) is 0 Å². The molecular weight excluding hydrogens is 371 g/mol. The van der Waals surface area contributed by atoms with Crippen LogP contribution in [0.25, 0.3) is 16.6 Å². The van der Waals surface area contributed by atoms with E-state index in [0.29, 0.717) is 16.6 Å². The molecule has 5 nitrogen and oxygen atoms in total. The van der Waals surface area contributed by atoms with Crippen molar-refractivity contribution in [2.45, 2.75) is 12.8 Å². The van der Waals surface area contributed by atoms with Crippen molar-refractivity contribution in [2.75, 3.05) is 0 Å². The number of aliphatic carboxylic acids is 1. The zero-order valence-corrected chi connectivity index (χ0v) is 15.4. The van der Waals surface area contributed by atoms with Gasteiger partial charge in [0, 0.05) is 23.9 Å². The number of halogens is 1. The third kappa shape index (κ3) is 3.65. The molecule has 1 aromatic carbocycles. The van der Waals surface area contributed by atoms with Gasteiger partial charge in [-0.1, -0.05) is 24.3 Å². The Morgan fingerprint density at radius 3 is 2.79 bits per heavy atom. The van der Waals surface area contributed by atoms with Crippen molar-refractivity contribution in [3.63, 3.8) is 0 Å². The molecule has 0 bridgehead atoms. The molecular formula is C23H17FN2O3. The molecule has 0 atom stereocenters. The van der Waals surface area contributed by atoms with Gasteiger partial charge in [-0.3, -0.25) is 4.79 Å². The third-order valence-corrected chi connectivity index (χ3v) is 4.84. The summed E-state index contributed by atoms with van der Waals surface area (Å²) in [4.78, 5) is 31.1. The molecule has 2 N–H and O–H groups in total. The Morgan fingerprint density at radius 1 is 1.17 bits per heavy atom. The molecule has 0 fully saturated rings. The van der Waals surface area contributed by atoms with E-state index in [2.05, 4.69) is 9.97 Å². The summed E-state index contributed by atoms with van der Waals surface area (Å²) >= 11 is 0. The molecule has 2 aromatic heterocycles. The summed E-state index contributed by atoms with van der Waals surface area (Å²) in [5.41, 5.74) is 3.48. The number of nitrogens with zero attached hydrogens (tertiary/aromatic N) is 1. The second-order valence-corrected chi connectivity index (χ2v) is 6.68. The highest BCUT2D eigenvalue weighted by atomic mass is 19.1. The normalized spacial score (nSPS) is 14.1. The number of nitrogens with one attached hydrogen (secondary N) is 1. The second kappa shape index (κ2) is 7.67. The SMILES string of the molecule is O=C(O)/C=C/C1=CCCC(c2ccnc3[nH]cc(C(=O)c4ccccc4F)c23)=C1. The number of rotatable bonds is 5. The number of carboxylic acid groups (broad SMARTS) is 1. The number of carbonyl (C=O) groups excluding carboxylic acids is 1. The van der Waals surface area contributed by atoms with E-state index in [1.165, 1.54) is 12.1 Å². The van der Waals surface area contributed by atoms with Gasteiger partial charge in [0.05, 0.1) is 11.1 Å². The Kier molecular flexibility index (Phi) is 4.91. The fraction of sp³-hybridized carbons (Fsp3) is 0.0870. The lowest BCUT2D eigenvalue weighted by Crippen LogP contribution is -2.04. The van der Waals surface area contributed by atoms with E-state index in [1.54, 1.807) is 30.6 Å². The van der Waals surface area contributed by atoms with E-state index >= 15 is 0 Å². The Morgan fingerprint density at radius 2 is 2.00 bits per heavy atom. The Labute approximate surface area is 165 Å². The van der Waals surface area contributed by atoms with Crippen LogP contribution in [0.15, 0.2) is 72.6 Å². The summed E-state index contributed by atoms with van der Waals surface area (Å²) in [6.45, 7) is 0. The van der Waals surface area contributed by atoms with Gasteiger partial charge < -0.3 is 10.1 Å². The van der Waals surface area contributed by atoms with Crippen molar-refractivity contribution in [1.29, 1.82) is 0 Å². The Bertz CT molecular complexity index is 1220. The molecule has 0 unspecified atom stereocenters. The number of fused-ring (bicyclic) bond motifs is 1. The van der Waals surface area contributed by atoms with Gasteiger partial charge >= 0.3 is 5.97 Å². The van der Waals surface area contributed by atoms with E-state index in [1.807, 2.05) is 18.2 Å². The maximum absolute atomic E-state index is 14.2. The number of benzene rings is 1. The number of hydrogen-bond acceptors (Lipinski definition) is 3. The fourth-order valence-corrected chi connectivity index (χ4v) is 3.52. The minimum absolute atomic E-state index is 0.00537. The molecule has 1 aliphatic rings. The first-order valence-electron chi connectivity index (χ1n) is 9.12. The molecule has 1 aliphatic carbocycles. The molecule has 29 heavy (non-hydrogen) atoms. The van der Waals surface area contributed by atoms with E-state index in [0.717, 1.165) is 35.6 Å². The first kappa shape index (κ1) is 18.6. The molecule has 4 rings (SSSR count). The summed E-state index contributed by atoms with van der Waals surface area (Å²) < 4.78 is 14.2. The third-order valence-electron chi connectivity index (χ3n) is 4.84. The molecule has 3 aromatic rings. The number of aromatic amines is 1. The molecule has 144 valence electrons. The van der Waals surface area contributed by atoms with E-state index in [-0.39, 0.29) is 5.56 Å². The van der Waals surface area contributed by atoms with Gasteiger partial charge in [-0.15, -0.1) is 0 Å². The predicted molar refractivity (Wildman–Crippen MR) is 108 cm³/mol. The maximum atomic E-state index is 14.2. The smallest absolute Gasteiger partial charge is 0.328 e. The number of allylic oxidation sites excluding steroid dienone is 5. The van der Waals surface area contributed by atoms with Crippen LogP contribution in [0.5, 0.6) is 0 Å². The van der Waals surface area contributed by atoms with E-state index < -0.39 is 17.6 Å². The van der Waals surface area contributed by atoms with Crippen LogP contribution < -0.4 is 0 Å². The first-order valence-corrected chi connectivity index (χ1v) is 9.12. The van der Waals surface area contributed by atoms with Crippen LogP contribution >= 0.6 is 0 Å². The standard InChI is InChI=1S/C23H17FN2O3/c24-19-7-2-1-6-17(19)22(29)18-13-26-23-21(18)16(10-11-25-23)15-5-3-4-14(12-15)8-9-20(27)28/h1-2,4,6-13H,3,5H2,(H,25,26)(H,27,28)/b9-8+. The van der Waals surface area contributed by atoms with Crippen molar-refractivity contribution < 1.29 is 19.1 Å². The number of ketones is 1. The molecule has 0 radical (unpaired) electrons. The lowest BCUT2D eigenvalue weighted by molar-refractivity contribution is -0.131. The minimum Gasteiger partial charge on any atom is -0.478 e. The van der Waals surface area contributed by atoms with Gasteiger partial charge in [0.25, 0.3) is 0 Å². The average Bonchev–Trinajstić information content (AvgIpc) is 3.16. The number of carbonyl (C=O) groups is 2. The van der Waals surface area contributed by atoms with Crippen LogP contribution in [-0.4, -0.2) is 26.8 Å². The van der Waals surface area contributed by atoms with Crippen molar-refractivity contribution in [2.24, 2.45) is 0 Å². The number of H-pyrrole nitrogens is 1. The molecule has 0 spiro atoms. The van der Waals surface area contributed by atoms with E-state index in [9.17, 15) is 14.0 Å². The van der Waals surface area contributed by atoms with Crippen molar-refractivity contribution in [3.8, 4) is 0 Å². The van der Waals surface area contributed by atoms with Crippen molar-refractivity contribution >= 4 is 28.4 Å². The first-order chi connectivity index (χ1) is 14.0. The largest absolute Gasteiger partial charge is 0.478 e. The van der Waals surface area contributed by atoms with Crippen molar-refractivity contribution in [1.82, 2.24) is 9.97 Å². The minimum atomic E-state index is -1.01. The Hall–Kier alpha value is -3.80. The molecule has 0 amide bonds.